The molecule has 1 fully saturated rings. The number of methoxy groups -OCH3 is 1. The topological polar surface area (TPSA) is 85.5 Å². The summed E-state index contributed by atoms with van der Waals surface area (Å²) in [7, 11) is 1.31. The van der Waals surface area contributed by atoms with E-state index in [0.29, 0.717) is 24.7 Å². The fourth-order valence-electron chi connectivity index (χ4n) is 2.25. The first-order valence-corrected chi connectivity index (χ1v) is 6.09. The summed E-state index contributed by atoms with van der Waals surface area (Å²) in [6, 6.07) is -0.608. The number of nitrogens with zero attached hydrogens (tertiary/aromatic N) is 3. The monoisotopic (exact) mass is 267 g/mol. The number of likely N-dealkylation sites (tertiary alicyclic amines) is 1. The summed E-state index contributed by atoms with van der Waals surface area (Å²) in [6.45, 7) is 5.54. The first-order valence-electron chi connectivity index (χ1n) is 6.09. The molecular weight excluding hydrogens is 250 g/mol. The Morgan fingerprint density at radius 1 is 1.53 bits per heavy atom. The van der Waals surface area contributed by atoms with E-state index in [1.165, 1.54) is 12.0 Å². The Morgan fingerprint density at radius 3 is 2.74 bits per heavy atom. The lowest BCUT2D eigenvalue weighted by Gasteiger charge is -2.24. The molecule has 0 spiro atoms. The van der Waals surface area contributed by atoms with E-state index in [4.69, 9.17) is 4.42 Å². The number of aryl methyl sites for hydroxylation is 1. The zero-order valence-electron chi connectivity index (χ0n) is 11.5. The van der Waals surface area contributed by atoms with E-state index in [1.807, 2.05) is 0 Å². The van der Waals surface area contributed by atoms with E-state index in [0.717, 1.165) is 0 Å². The first-order chi connectivity index (χ1) is 8.90. The maximum Gasteiger partial charge on any atom is 0.328 e. The molecule has 1 aliphatic rings. The van der Waals surface area contributed by atoms with Gasteiger partial charge in [-0.1, -0.05) is 0 Å². The van der Waals surface area contributed by atoms with Crippen LogP contribution in [0.1, 0.15) is 32.0 Å². The van der Waals surface area contributed by atoms with Gasteiger partial charge in [-0.3, -0.25) is 4.79 Å². The minimum atomic E-state index is -0.858. The molecule has 0 bridgehead atoms. The molecule has 0 aliphatic carbocycles. The van der Waals surface area contributed by atoms with Crippen LogP contribution in [0.25, 0.3) is 0 Å². The summed E-state index contributed by atoms with van der Waals surface area (Å²) in [4.78, 5) is 25.5. The maximum atomic E-state index is 12.5. The van der Waals surface area contributed by atoms with Crippen molar-refractivity contribution in [1.82, 2.24) is 15.1 Å². The number of carbonyl (C=O) groups excluding carboxylic acids is 2. The van der Waals surface area contributed by atoms with E-state index in [-0.39, 0.29) is 5.91 Å². The van der Waals surface area contributed by atoms with Gasteiger partial charge in [0.25, 0.3) is 0 Å². The number of hydrogen-bond acceptors (Lipinski definition) is 6. The Kier molecular flexibility index (Phi) is 3.30. The van der Waals surface area contributed by atoms with Crippen LogP contribution in [0.15, 0.2) is 4.42 Å². The predicted octanol–water partition coefficient (Wildman–Crippen LogP) is 0.430. The average molecular weight is 267 g/mol. The molecule has 0 radical (unpaired) electrons. The number of ether oxygens (including phenoxy) is 1. The molecule has 19 heavy (non-hydrogen) atoms. The van der Waals surface area contributed by atoms with Gasteiger partial charge in [-0.15, -0.1) is 10.2 Å². The van der Waals surface area contributed by atoms with E-state index in [2.05, 4.69) is 14.9 Å². The van der Waals surface area contributed by atoms with Crippen LogP contribution in [0, 0.1) is 6.92 Å². The van der Waals surface area contributed by atoms with Gasteiger partial charge in [0.15, 0.2) is 0 Å². The van der Waals surface area contributed by atoms with Gasteiger partial charge >= 0.3 is 5.97 Å². The fraction of sp³-hybridized carbons (Fsp3) is 0.667. The highest BCUT2D eigenvalue weighted by atomic mass is 16.5. The second-order valence-corrected chi connectivity index (χ2v) is 4.91. The van der Waals surface area contributed by atoms with Crippen LogP contribution in [0.2, 0.25) is 0 Å². The predicted molar refractivity (Wildman–Crippen MR) is 64.2 cm³/mol. The van der Waals surface area contributed by atoms with Crippen molar-refractivity contribution in [3.63, 3.8) is 0 Å². The second-order valence-electron chi connectivity index (χ2n) is 4.91. The molecule has 1 aliphatic heterocycles. The van der Waals surface area contributed by atoms with Gasteiger partial charge in [0.05, 0.1) is 7.11 Å². The lowest BCUT2D eigenvalue weighted by molar-refractivity contribution is -0.151. The van der Waals surface area contributed by atoms with Gasteiger partial charge in [0.2, 0.25) is 17.7 Å². The van der Waals surface area contributed by atoms with Crippen molar-refractivity contribution in [2.45, 2.75) is 38.6 Å². The van der Waals surface area contributed by atoms with Crippen molar-refractivity contribution in [3.8, 4) is 0 Å². The number of esters is 1. The van der Waals surface area contributed by atoms with Crippen molar-refractivity contribution in [2.24, 2.45) is 0 Å². The third kappa shape index (κ3) is 2.09. The van der Waals surface area contributed by atoms with Crippen LogP contribution >= 0.6 is 0 Å². The third-order valence-electron chi connectivity index (χ3n) is 3.59. The molecule has 0 saturated carbocycles. The zero-order valence-corrected chi connectivity index (χ0v) is 11.5. The van der Waals surface area contributed by atoms with Gasteiger partial charge in [-0.05, 0) is 20.3 Å². The Balaban J connectivity index is 2.24. The van der Waals surface area contributed by atoms with Crippen LogP contribution in [0.5, 0.6) is 0 Å². The van der Waals surface area contributed by atoms with Crippen molar-refractivity contribution in [3.05, 3.63) is 11.8 Å². The molecule has 2 atom stereocenters. The number of rotatable bonds is 3. The Bertz CT molecular complexity index is 513. The summed E-state index contributed by atoms with van der Waals surface area (Å²) in [5, 5.41) is 7.68. The standard InChI is InChI=1S/C12H17N3O4/c1-7(9(16)18-4)15-6-5-12(3,11(15)17)10-14-13-8(2)19-10/h7H,5-6H2,1-4H3/t7-,12?/m1/s1. The first kappa shape index (κ1) is 13.5. The minimum absolute atomic E-state index is 0.186. The van der Waals surface area contributed by atoms with Gasteiger partial charge in [-0.2, -0.15) is 0 Å². The molecule has 0 N–H and O–H groups in total. The Hall–Kier alpha value is -1.92. The average Bonchev–Trinajstić information content (AvgIpc) is 2.95. The summed E-state index contributed by atoms with van der Waals surface area (Å²) in [6.07, 6.45) is 0.537. The third-order valence-corrected chi connectivity index (χ3v) is 3.59. The maximum absolute atomic E-state index is 12.5. The van der Waals surface area contributed by atoms with Gasteiger partial charge < -0.3 is 14.1 Å². The van der Waals surface area contributed by atoms with Crippen molar-refractivity contribution in [1.29, 1.82) is 0 Å². The van der Waals surface area contributed by atoms with Crippen LogP contribution in [0.3, 0.4) is 0 Å². The van der Waals surface area contributed by atoms with Gasteiger partial charge in [0.1, 0.15) is 11.5 Å². The molecule has 104 valence electrons. The number of amides is 1. The van der Waals surface area contributed by atoms with Crippen molar-refractivity contribution in [2.75, 3.05) is 13.7 Å². The summed E-state index contributed by atoms with van der Waals surface area (Å²) < 4.78 is 10.0. The molecule has 1 unspecified atom stereocenters. The molecule has 1 saturated heterocycles. The Morgan fingerprint density at radius 2 is 2.21 bits per heavy atom. The van der Waals surface area contributed by atoms with E-state index in [1.54, 1.807) is 20.8 Å². The Labute approximate surface area is 110 Å². The number of hydrogen-bond donors (Lipinski definition) is 0. The fourth-order valence-corrected chi connectivity index (χ4v) is 2.25. The second kappa shape index (κ2) is 4.64. The normalized spacial score (nSPS) is 24.6. The summed E-state index contributed by atoms with van der Waals surface area (Å²) in [5.41, 5.74) is -0.858. The molecular formula is C12H17N3O4. The summed E-state index contributed by atoms with van der Waals surface area (Å²) >= 11 is 0. The van der Waals surface area contributed by atoms with Crippen LogP contribution in [0.4, 0.5) is 0 Å². The molecule has 1 aromatic heterocycles. The van der Waals surface area contributed by atoms with Crippen LogP contribution in [-0.4, -0.2) is 46.7 Å². The number of aromatic nitrogens is 2. The molecule has 2 rings (SSSR count). The SMILES string of the molecule is COC(=O)[C@@H](C)N1CCC(C)(c2nnc(C)o2)C1=O. The lowest BCUT2D eigenvalue weighted by Crippen LogP contribution is -2.44. The highest BCUT2D eigenvalue weighted by molar-refractivity contribution is 5.92. The van der Waals surface area contributed by atoms with E-state index in [9.17, 15) is 9.59 Å². The van der Waals surface area contributed by atoms with Gasteiger partial charge in [-0.25, -0.2) is 4.79 Å². The lowest BCUT2D eigenvalue weighted by atomic mass is 9.89. The molecule has 1 aromatic rings. The van der Waals surface area contributed by atoms with Crippen molar-refractivity contribution < 1.29 is 18.7 Å². The highest BCUT2D eigenvalue weighted by Crippen LogP contribution is 2.35. The molecule has 0 aromatic carbocycles. The quantitative estimate of drug-likeness (QED) is 0.738. The molecule has 7 nitrogen and oxygen atoms in total. The van der Waals surface area contributed by atoms with E-state index >= 15 is 0 Å². The van der Waals surface area contributed by atoms with E-state index < -0.39 is 17.4 Å². The molecule has 2 heterocycles. The largest absolute Gasteiger partial charge is 0.467 e. The van der Waals surface area contributed by atoms with Crippen LogP contribution in [-0.2, 0) is 19.7 Å². The summed E-state index contributed by atoms with van der Waals surface area (Å²) in [5.74, 6) is 0.103. The minimum Gasteiger partial charge on any atom is -0.467 e. The smallest absolute Gasteiger partial charge is 0.328 e. The molecule has 1 amide bonds. The highest BCUT2D eigenvalue weighted by Gasteiger charge is 2.50. The number of carbonyl (C=O) groups is 2. The van der Waals surface area contributed by atoms with Crippen LogP contribution < -0.4 is 0 Å². The zero-order chi connectivity index (χ0) is 14.2. The van der Waals surface area contributed by atoms with Crippen molar-refractivity contribution >= 4 is 11.9 Å². The molecule has 7 heteroatoms. The van der Waals surface area contributed by atoms with Gasteiger partial charge in [0, 0.05) is 13.5 Å².